The van der Waals surface area contributed by atoms with E-state index < -0.39 is 5.97 Å². The first-order valence-corrected chi connectivity index (χ1v) is 7.57. The number of carbonyl (C=O) groups excluding carboxylic acids is 1. The van der Waals surface area contributed by atoms with Crippen LogP contribution in [-0.2, 0) is 4.74 Å². The van der Waals surface area contributed by atoms with Crippen LogP contribution >= 0.6 is 0 Å². The zero-order valence-electron chi connectivity index (χ0n) is 13.1. The van der Waals surface area contributed by atoms with Crippen LogP contribution < -0.4 is 5.73 Å². The van der Waals surface area contributed by atoms with Crippen LogP contribution in [0.25, 0.3) is 0 Å². The Balaban J connectivity index is 1.93. The normalized spacial score (nSPS) is 22.8. The van der Waals surface area contributed by atoms with E-state index in [1.54, 1.807) is 6.07 Å². The molecule has 0 bridgehead atoms. The Morgan fingerprint density at radius 2 is 1.86 bits per heavy atom. The third kappa shape index (κ3) is 3.90. The Labute approximate surface area is 126 Å². The number of esters is 1. The molecule has 3 N–H and O–H groups in total. The molecule has 2 rings (SSSR count). The Kier molecular flexibility index (Phi) is 4.45. The number of benzene rings is 1. The summed E-state index contributed by atoms with van der Waals surface area (Å²) in [7, 11) is 0. The minimum Gasteiger partial charge on any atom is -0.507 e. The fourth-order valence-electron chi connectivity index (χ4n) is 2.98. The van der Waals surface area contributed by atoms with E-state index in [-0.39, 0.29) is 17.4 Å². The van der Waals surface area contributed by atoms with Gasteiger partial charge in [0.15, 0.2) is 0 Å². The van der Waals surface area contributed by atoms with Gasteiger partial charge < -0.3 is 15.6 Å². The molecule has 1 fully saturated rings. The average Bonchev–Trinajstić information content (AvgIpc) is 2.38. The molecule has 1 aromatic carbocycles. The molecular formula is C17H25NO3. The van der Waals surface area contributed by atoms with Crippen molar-refractivity contribution in [3.63, 3.8) is 0 Å². The Morgan fingerprint density at radius 3 is 2.38 bits per heavy atom. The number of phenols is 1. The molecule has 21 heavy (non-hydrogen) atoms. The quantitative estimate of drug-likeness (QED) is 0.643. The van der Waals surface area contributed by atoms with Gasteiger partial charge >= 0.3 is 5.97 Å². The number of rotatable bonds is 2. The van der Waals surface area contributed by atoms with Crippen LogP contribution in [0.5, 0.6) is 5.75 Å². The van der Waals surface area contributed by atoms with E-state index in [2.05, 4.69) is 20.8 Å². The van der Waals surface area contributed by atoms with Crippen LogP contribution in [0.2, 0.25) is 0 Å². The van der Waals surface area contributed by atoms with Crippen LogP contribution in [0, 0.1) is 11.3 Å². The Bertz CT molecular complexity index is 511. The van der Waals surface area contributed by atoms with E-state index in [0.29, 0.717) is 17.0 Å². The summed E-state index contributed by atoms with van der Waals surface area (Å²) in [5.41, 5.74) is 6.47. The van der Waals surface area contributed by atoms with E-state index in [9.17, 15) is 9.90 Å². The fourth-order valence-corrected chi connectivity index (χ4v) is 2.98. The molecule has 0 radical (unpaired) electrons. The van der Waals surface area contributed by atoms with Crippen LogP contribution in [0.15, 0.2) is 18.2 Å². The summed E-state index contributed by atoms with van der Waals surface area (Å²) in [6.07, 6.45) is 3.89. The van der Waals surface area contributed by atoms with Gasteiger partial charge in [0.1, 0.15) is 17.4 Å². The van der Waals surface area contributed by atoms with Crippen molar-refractivity contribution in [1.82, 2.24) is 0 Å². The van der Waals surface area contributed by atoms with E-state index in [1.807, 2.05) is 0 Å². The van der Waals surface area contributed by atoms with Gasteiger partial charge in [0.05, 0.1) is 0 Å². The zero-order chi connectivity index (χ0) is 15.6. The van der Waals surface area contributed by atoms with Crippen LogP contribution in [-0.4, -0.2) is 17.2 Å². The molecule has 1 aliphatic carbocycles. The largest absolute Gasteiger partial charge is 0.507 e. The van der Waals surface area contributed by atoms with Crippen molar-refractivity contribution in [1.29, 1.82) is 0 Å². The lowest BCUT2D eigenvalue weighted by Crippen LogP contribution is -2.30. The molecule has 0 spiro atoms. The summed E-state index contributed by atoms with van der Waals surface area (Å²) in [5, 5.41) is 9.76. The third-order valence-corrected chi connectivity index (χ3v) is 4.41. The van der Waals surface area contributed by atoms with E-state index in [4.69, 9.17) is 10.5 Å². The second-order valence-electron chi connectivity index (χ2n) is 7.02. The average molecular weight is 291 g/mol. The van der Waals surface area contributed by atoms with Crippen molar-refractivity contribution in [2.45, 2.75) is 52.6 Å². The van der Waals surface area contributed by atoms with E-state index >= 15 is 0 Å². The van der Waals surface area contributed by atoms with Crippen molar-refractivity contribution < 1.29 is 14.6 Å². The molecule has 4 nitrogen and oxygen atoms in total. The van der Waals surface area contributed by atoms with Gasteiger partial charge in [-0.3, -0.25) is 0 Å². The van der Waals surface area contributed by atoms with Crippen molar-refractivity contribution >= 4 is 11.7 Å². The highest BCUT2D eigenvalue weighted by Gasteiger charge is 2.31. The van der Waals surface area contributed by atoms with Gasteiger partial charge in [-0.05, 0) is 49.1 Å². The monoisotopic (exact) mass is 291 g/mol. The Morgan fingerprint density at radius 1 is 1.24 bits per heavy atom. The number of aromatic hydroxyl groups is 1. The Hall–Kier alpha value is -1.71. The standard InChI is InChI=1S/C17H25NO3/c1-17(2,3)11-4-7-13(8-5-11)21-16(20)14-9-6-12(18)10-15(14)19/h6,9-11,13,19H,4-5,7-8,18H2,1-3H3. The molecule has 0 aromatic heterocycles. The van der Waals surface area contributed by atoms with Gasteiger partial charge in [0.2, 0.25) is 0 Å². The van der Waals surface area contributed by atoms with Gasteiger partial charge in [0.25, 0.3) is 0 Å². The lowest BCUT2D eigenvalue weighted by molar-refractivity contribution is 0.00905. The first kappa shape index (κ1) is 15.7. The minimum atomic E-state index is -0.466. The second kappa shape index (κ2) is 5.96. The van der Waals surface area contributed by atoms with Crippen molar-refractivity contribution in [3.05, 3.63) is 23.8 Å². The second-order valence-corrected chi connectivity index (χ2v) is 7.02. The van der Waals surface area contributed by atoms with Gasteiger partial charge in [0, 0.05) is 11.8 Å². The molecule has 4 heteroatoms. The number of hydrogen-bond donors (Lipinski definition) is 2. The number of ether oxygens (including phenoxy) is 1. The van der Waals surface area contributed by atoms with E-state index in [0.717, 1.165) is 25.7 Å². The smallest absolute Gasteiger partial charge is 0.342 e. The van der Waals surface area contributed by atoms with Crippen molar-refractivity contribution in [2.75, 3.05) is 5.73 Å². The molecule has 0 unspecified atom stereocenters. The summed E-state index contributed by atoms with van der Waals surface area (Å²) in [6.45, 7) is 6.78. The minimum absolute atomic E-state index is 0.0481. The molecule has 0 atom stereocenters. The highest BCUT2D eigenvalue weighted by atomic mass is 16.5. The maximum atomic E-state index is 12.1. The molecule has 0 heterocycles. The van der Waals surface area contributed by atoms with Crippen molar-refractivity contribution in [2.24, 2.45) is 11.3 Å². The predicted molar refractivity (Wildman–Crippen MR) is 83.1 cm³/mol. The summed E-state index contributed by atoms with van der Waals surface area (Å²) in [6, 6.07) is 4.47. The van der Waals surface area contributed by atoms with Gasteiger partial charge in [-0.2, -0.15) is 0 Å². The fraction of sp³-hybridized carbons (Fsp3) is 0.588. The summed E-state index contributed by atoms with van der Waals surface area (Å²) >= 11 is 0. The highest BCUT2D eigenvalue weighted by Crippen LogP contribution is 2.38. The maximum absolute atomic E-state index is 12.1. The highest BCUT2D eigenvalue weighted by molar-refractivity contribution is 5.93. The number of carbonyl (C=O) groups is 1. The molecule has 1 aliphatic rings. The molecule has 116 valence electrons. The third-order valence-electron chi connectivity index (χ3n) is 4.41. The number of phenolic OH excluding ortho intramolecular Hbond substituents is 1. The summed E-state index contributed by atoms with van der Waals surface area (Å²) in [4.78, 5) is 12.1. The van der Waals surface area contributed by atoms with Crippen LogP contribution in [0.4, 0.5) is 5.69 Å². The molecule has 0 saturated heterocycles. The number of anilines is 1. The molecule has 1 aromatic rings. The van der Waals surface area contributed by atoms with E-state index in [1.165, 1.54) is 12.1 Å². The molecule has 0 amide bonds. The van der Waals surface area contributed by atoms with Gasteiger partial charge in [-0.25, -0.2) is 4.79 Å². The van der Waals surface area contributed by atoms with Crippen molar-refractivity contribution in [3.8, 4) is 5.75 Å². The topological polar surface area (TPSA) is 72.5 Å². The van der Waals surface area contributed by atoms with Crippen LogP contribution in [0.3, 0.4) is 0 Å². The van der Waals surface area contributed by atoms with Gasteiger partial charge in [-0.15, -0.1) is 0 Å². The lowest BCUT2D eigenvalue weighted by Gasteiger charge is -2.36. The zero-order valence-corrected chi connectivity index (χ0v) is 13.1. The molecule has 0 aliphatic heterocycles. The first-order valence-electron chi connectivity index (χ1n) is 7.57. The predicted octanol–water partition coefficient (Wildman–Crippen LogP) is 3.74. The summed E-state index contributed by atoms with van der Waals surface area (Å²) < 4.78 is 5.52. The van der Waals surface area contributed by atoms with Gasteiger partial charge in [-0.1, -0.05) is 20.8 Å². The molecular weight excluding hydrogens is 266 g/mol. The van der Waals surface area contributed by atoms with Crippen LogP contribution in [0.1, 0.15) is 56.8 Å². The number of nitrogens with two attached hydrogens (primary N) is 1. The SMILES string of the molecule is CC(C)(C)C1CCC(OC(=O)c2ccc(N)cc2O)CC1. The molecule has 1 saturated carbocycles. The maximum Gasteiger partial charge on any atom is 0.342 e. The number of hydrogen-bond acceptors (Lipinski definition) is 4. The lowest BCUT2D eigenvalue weighted by atomic mass is 9.72. The summed E-state index contributed by atoms with van der Waals surface area (Å²) in [5.74, 6) is 0.0902. The number of nitrogen functional groups attached to an aromatic ring is 1. The first-order chi connectivity index (χ1) is 9.77.